The highest BCUT2D eigenvalue weighted by Crippen LogP contribution is 2.27. The number of nitrogens with zero attached hydrogens (tertiary/aromatic N) is 1. The van der Waals surface area contributed by atoms with Gasteiger partial charge in [-0.25, -0.2) is 4.39 Å². The standard InChI is InChI=1S/C15H21FN2O2/c1-2-18(11-8-6-10(17)7-9-11)15(20)14-12(16)4-3-5-13(14)19/h3-5,10-11,19H,2,6-9,17H2,1H3. The first-order valence-electron chi connectivity index (χ1n) is 7.08. The monoisotopic (exact) mass is 280 g/mol. The molecule has 1 fully saturated rings. The molecule has 1 amide bonds. The number of hydrogen-bond acceptors (Lipinski definition) is 3. The van der Waals surface area contributed by atoms with Crippen molar-refractivity contribution in [1.82, 2.24) is 4.90 Å². The Morgan fingerprint density at radius 3 is 2.60 bits per heavy atom. The number of carbonyl (C=O) groups excluding carboxylic acids is 1. The fraction of sp³-hybridized carbons (Fsp3) is 0.533. The van der Waals surface area contributed by atoms with Crippen LogP contribution in [0.4, 0.5) is 4.39 Å². The van der Waals surface area contributed by atoms with Gasteiger partial charge in [0.25, 0.3) is 5.91 Å². The first-order chi connectivity index (χ1) is 9.54. The molecule has 0 bridgehead atoms. The van der Waals surface area contributed by atoms with E-state index in [4.69, 9.17) is 5.73 Å². The van der Waals surface area contributed by atoms with E-state index in [9.17, 15) is 14.3 Å². The molecule has 0 saturated heterocycles. The predicted octanol–water partition coefficient (Wildman–Crippen LogP) is 2.26. The molecular formula is C15H21FN2O2. The fourth-order valence-corrected chi connectivity index (χ4v) is 2.85. The number of rotatable bonds is 3. The summed E-state index contributed by atoms with van der Waals surface area (Å²) in [5, 5.41) is 9.74. The molecule has 0 atom stereocenters. The maximum atomic E-state index is 13.8. The molecule has 0 radical (unpaired) electrons. The van der Waals surface area contributed by atoms with Crippen molar-refractivity contribution < 1.29 is 14.3 Å². The van der Waals surface area contributed by atoms with E-state index < -0.39 is 11.7 Å². The zero-order valence-electron chi connectivity index (χ0n) is 11.7. The van der Waals surface area contributed by atoms with Gasteiger partial charge in [0, 0.05) is 18.6 Å². The van der Waals surface area contributed by atoms with Crippen LogP contribution in [-0.4, -0.2) is 34.5 Å². The van der Waals surface area contributed by atoms with Crippen LogP contribution >= 0.6 is 0 Å². The van der Waals surface area contributed by atoms with E-state index in [-0.39, 0.29) is 23.4 Å². The Morgan fingerprint density at radius 2 is 2.05 bits per heavy atom. The van der Waals surface area contributed by atoms with Crippen molar-refractivity contribution in [3.05, 3.63) is 29.6 Å². The normalized spacial score (nSPS) is 22.6. The summed E-state index contributed by atoms with van der Waals surface area (Å²) in [7, 11) is 0. The van der Waals surface area contributed by atoms with E-state index in [1.54, 1.807) is 4.90 Å². The second-order valence-corrected chi connectivity index (χ2v) is 5.29. The van der Waals surface area contributed by atoms with Crippen molar-refractivity contribution in [1.29, 1.82) is 0 Å². The smallest absolute Gasteiger partial charge is 0.260 e. The molecule has 0 unspecified atom stereocenters. The van der Waals surface area contributed by atoms with Gasteiger partial charge in [0.1, 0.15) is 17.1 Å². The van der Waals surface area contributed by atoms with E-state index in [0.717, 1.165) is 25.7 Å². The SMILES string of the molecule is CCN(C(=O)c1c(O)cccc1F)C1CCC(N)CC1. The average Bonchev–Trinajstić information content (AvgIpc) is 2.41. The maximum Gasteiger partial charge on any atom is 0.260 e. The molecular weight excluding hydrogens is 259 g/mol. The summed E-state index contributed by atoms with van der Waals surface area (Å²) in [5.41, 5.74) is 5.64. The molecule has 1 saturated carbocycles. The Kier molecular flexibility index (Phi) is 4.60. The van der Waals surface area contributed by atoms with Crippen molar-refractivity contribution in [2.45, 2.75) is 44.7 Å². The van der Waals surface area contributed by atoms with E-state index in [0.29, 0.717) is 6.54 Å². The summed E-state index contributed by atoms with van der Waals surface area (Å²) in [6.07, 6.45) is 3.40. The summed E-state index contributed by atoms with van der Waals surface area (Å²) in [6, 6.07) is 4.18. The quantitative estimate of drug-likeness (QED) is 0.892. The molecule has 5 heteroatoms. The Morgan fingerprint density at radius 1 is 1.40 bits per heavy atom. The number of phenolic OH excluding ortho intramolecular Hbond substituents is 1. The van der Waals surface area contributed by atoms with Gasteiger partial charge in [-0.2, -0.15) is 0 Å². The van der Waals surface area contributed by atoms with Crippen LogP contribution in [0, 0.1) is 5.82 Å². The van der Waals surface area contributed by atoms with Crippen molar-refractivity contribution >= 4 is 5.91 Å². The minimum absolute atomic E-state index is 0.0753. The minimum atomic E-state index is -0.680. The second kappa shape index (κ2) is 6.22. The Hall–Kier alpha value is -1.62. The molecule has 0 heterocycles. The second-order valence-electron chi connectivity index (χ2n) is 5.29. The number of aromatic hydroxyl groups is 1. The molecule has 20 heavy (non-hydrogen) atoms. The van der Waals surface area contributed by atoms with Crippen LogP contribution in [0.2, 0.25) is 0 Å². The number of hydrogen-bond donors (Lipinski definition) is 2. The lowest BCUT2D eigenvalue weighted by molar-refractivity contribution is 0.0632. The van der Waals surface area contributed by atoms with Crippen LogP contribution in [0.25, 0.3) is 0 Å². The topological polar surface area (TPSA) is 66.6 Å². The van der Waals surface area contributed by atoms with Crippen molar-refractivity contribution in [2.24, 2.45) is 5.73 Å². The van der Waals surface area contributed by atoms with Gasteiger partial charge >= 0.3 is 0 Å². The third kappa shape index (κ3) is 2.93. The number of carbonyl (C=O) groups is 1. The van der Waals surface area contributed by atoms with Gasteiger partial charge in [0.2, 0.25) is 0 Å². The van der Waals surface area contributed by atoms with Crippen LogP contribution in [0.3, 0.4) is 0 Å². The minimum Gasteiger partial charge on any atom is -0.507 e. The predicted molar refractivity (Wildman–Crippen MR) is 75.0 cm³/mol. The molecule has 0 aromatic heterocycles. The summed E-state index contributed by atoms with van der Waals surface area (Å²) in [4.78, 5) is 14.1. The van der Waals surface area contributed by atoms with Crippen molar-refractivity contribution in [2.75, 3.05) is 6.54 Å². The maximum absolute atomic E-state index is 13.8. The number of nitrogens with two attached hydrogens (primary N) is 1. The Bertz CT molecular complexity index is 465. The lowest BCUT2D eigenvalue weighted by atomic mass is 9.90. The van der Waals surface area contributed by atoms with Gasteiger partial charge in [0.05, 0.1) is 0 Å². The summed E-state index contributed by atoms with van der Waals surface area (Å²) in [6.45, 7) is 2.36. The molecule has 1 aromatic carbocycles. The van der Waals surface area contributed by atoms with Crippen LogP contribution in [-0.2, 0) is 0 Å². The zero-order valence-corrected chi connectivity index (χ0v) is 11.7. The average molecular weight is 280 g/mol. The van der Waals surface area contributed by atoms with Gasteiger partial charge in [-0.3, -0.25) is 4.79 Å². The lowest BCUT2D eigenvalue weighted by Gasteiger charge is -2.35. The highest BCUT2D eigenvalue weighted by Gasteiger charge is 2.29. The van der Waals surface area contributed by atoms with Gasteiger partial charge in [0.15, 0.2) is 0 Å². The van der Waals surface area contributed by atoms with Crippen LogP contribution in [0.1, 0.15) is 43.0 Å². The molecule has 1 aromatic rings. The van der Waals surface area contributed by atoms with Gasteiger partial charge in [-0.05, 0) is 44.7 Å². The molecule has 1 aliphatic carbocycles. The van der Waals surface area contributed by atoms with Gasteiger partial charge in [-0.1, -0.05) is 6.07 Å². The number of amides is 1. The van der Waals surface area contributed by atoms with Crippen molar-refractivity contribution in [3.8, 4) is 5.75 Å². The lowest BCUT2D eigenvalue weighted by Crippen LogP contribution is -2.44. The molecule has 110 valence electrons. The zero-order chi connectivity index (χ0) is 14.7. The fourth-order valence-electron chi connectivity index (χ4n) is 2.85. The van der Waals surface area contributed by atoms with Gasteiger partial charge in [-0.15, -0.1) is 0 Å². The van der Waals surface area contributed by atoms with Crippen LogP contribution in [0.5, 0.6) is 5.75 Å². The van der Waals surface area contributed by atoms with Gasteiger partial charge < -0.3 is 15.7 Å². The third-order valence-corrected chi connectivity index (χ3v) is 3.99. The first kappa shape index (κ1) is 14.8. The van der Waals surface area contributed by atoms with E-state index >= 15 is 0 Å². The van der Waals surface area contributed by atoms with E-state index in [2.05, 4.69) is 0 Å². The summed E-state index contributed by atoms with van der Waals surface area (Å²) in [5.74, 6) is -1.43. The molecule has 3 N–H and O–H groups in total. The van der Waals surface area contributed by atoms with E-state index in [1.807, 2.05) is 6.92 Å². The first-order valence-corrected chi connectivity index (χ1v) is 7.08. The molecule has 4 nitrogen and oxygen atoms in total. The third-order valence-electron chi connectivity index (χ3n) is 3.99. The van der Waals surface area contributed by atoms with Crippen molar-refractivity contribution in [3.63, 3.8) is 0 Å². The largest absolute Gasteiger partial charge is 0.507 e. The number of phenols is 1. The number of halogens is 1. The highest BCUT2D eigenvalue weighted by molar-refractivity contribution is 5.97. The molecule has 2 rings (SSSR count). The highest BCUT2D eigenvalue weighted by atomic mass is 19.1. The number of benzene rings is 1. The molecule has 0 aliphatic heterocycles. The molecule has 1 aliphatic rings. The van der Waals surface area contributed by atoms with E-state index in [1.165, 1.54) is 18.2 Å². The summed E-state index contributed by atoms with van der Waals surface area (Å²) >= 11 is 0. The van der Waals surface area contributed by atoms with Crippen LogP contribution < -0.4 is 5.73 Å². The Labute approximate surface area is 118 Å². The summed E-state index contributed by atoms with van der Waals surface area (Å²) < 4.78 is 13.8. The van der Waals surface area contributed by atoms with Crippen LogP contribution in [0.15, 0.2) is 18.2 Å². The molecule has 0 spiro atoms. The Balaban J connectivity index is 2.21.